The predicted octanol–water partition coefficient (Wildman–Crippen LogP) is 2.13. The second kappa shape index (κ2) is 8.04. The van der Waals surface area contributed by atoms with Crippen molar-refractivity contribution in [3.63, 3.8) is 0 Å². The predicted molar refractivity (Wildman–Crippen MR) is 106 cm³/mol. The fourth-order valence-corrected chi connectivity index (χ4v) is 4.39. The summed E-state index contributed by atoms with van der Waals surface area (Å²) in [6.45, 7) is 6.24. The van der Waals surface area contributed by atoms with E-state index < -0.39 is 0 Å². The normalized spacial score (nSPS) is 26.3. The van der Waals surface area contributed by atoms with Gasteiger partial charge in [0.05, 0.1) is 13.2 Å². The van der Waals surface area contributed by atoms with Gasteiger partial charge in [0.15, 0.2) is 5.82 Å². The van der Waals surface area contributed by atoms with Crippen molar-refractivity contribution in [2.24, 2.45) is 5.92 Å². The molecule has 154 valence electrons. The number of amides is 1. The zero-order valence-electron chi connectivity index (χ0n) is 16.4. The van der Waals surface area contributed by atoms with Gasteiger partial charge in [-0.25, -0.2) is 0 Å². The summed E-state index contributed by atoms with van der Waals surface area (Å²) >= 11 is 0. The highest BCUT2D eigenvalue weighted by molar-refractivity contribution is 5.94. The van der Waals surface area contributed by atoms with Crippen molar-refractivity contribution < 1.29 is 18.7 Å². The molecule has 1 aromatic carbocycles. The molecule has 29 heavy (non-hydrogen) atoms. The lowest BCUT2D eigenvalue weighted by atomic mass is 9.84. The van der Waals surface area contributed by atoms with Gasteiger partial charge in [0, 0.05) is 31.2 Å². The molecule has 4 fully saturated rings. The van der Waals surface area contributed by atoms with Crippen molar-refractivity contribution >= 4 is 11.7 Å². The van der Waals surface area contributed by atoms with Crippen molar-refractivity contribution in [3.8, 4) is 11.8 Å². The van der Waals surface area contributed by atoms with E-state index in [1.807, 2.05) is 0 Å². The van der Waals surface area contributed by atoms with Crippen LogP contribution in [0.5, 0.6) is 11.8 Å². The van der Waals surface area contributed by atoms with E-state index in [0.29, 0.717) is 30.4 Å². The molecule has 8 nitrogen and oxygen atoms in total. The highest BCUT2D eigenvalue weighted by Gasteiger charge is 2.34. The maximum atomic E-state index is 12.6. The van der Waals surface area contributed by atoms with Gasteiger partial charge in [0.2, 0.25) is 0 Å². The number of carbonyl (C=O) groups is 1. The minimum atomic E-state index is -0.0268. The van der Waals surface area contributed by atoms with Gasteiger partial charge in [-0.15, -0.1) is 0 Å². The monoisotopic (exact) mass is 398 g/mol. The molecule has 1 aromatic heterocycles. The Balaban J connectivity index is 1.18. The average Bonchev–Trinajstić information content (AvgIpc) is 3.24. The molecule has 1 amide bonds. The molecule has 0 spiro atoms. The lowest BCUT2D eigenvalue weighted by Gasteiger charge is -2.44. The van der Waals surface area contributed by atoms with Crippen LogP contribution in [-0.2, 0) is 4.74 Å². The van der Waals surface area contributed by atoms with E-state index in [1.165, 1.54) is 12.8 Å². The maximum Gasteiger partial charge on any atom is 0.401 e. The third-order valence-corrected chi connectivity index (χ3v) is 6.10. The van der Waals surface area contributed by atoms with E-state index in [1.54, 1.807) is 30.5 Å². The summed E-state index contributed by atoms with van der Waals surface area (Å²) in [5.74, 6) is 1.91. The van der Waals surface area contributed by atoms with Gasteiger partial charge < -0.3 is 29.0 Å². The van der Waals surface area contributed by atoms with Crippen molar-refractivity contribution in [2.45, 2.75) is 18.9 Å². The second-order valence-corrected chi connectivity index (χ2v) is 7.92. The van der Waals surface area contributed by atoms with Crippen LogP contribution in [0.4, 0.5) is 5.82 Å². The molecular formula is C21H26N4O4. The first-order valence-corrected chi connectivity index (χ1v) is 10.3. The van der Waals surface area contributed by atoms with Crippen LogP contribution >= 0.6 is 0 Å². The number of rotatable bonds is 5. The number of piperidine rings is 3. The number of anilines is 1. The number of aromatic nitrogens is 1. The summed E-state index contributed by atoms with van der Waals surface area (Å²) in [6.07, 6.45) is 4.15. The minimum absolute atomic E-state index is 0.0268. The van der Waals surface area contributed by atoms with E-state index in [0.717, 1.165) is 38.5 Å². The largest absolute Gasteiger partial charge is 0.415 e. The number of carbonyl (C=O) groups excluding carboxylic acids is 1. The number of hydrogen-bond donors (Lipinski definition) is 1. The third-order valence-electron chi connectivity index (χ3n) is 6.10. The topological polar surface area (TPSA) is 80.1 Å². The fraction of sp³-hybridized carbons (Fsp3) is 0.524. The van der Waals surface area contributed by atoms with Crippen LogP contribution in [0.15, 0.2) is 34.9 Å². The Bertz CT molecular complexity index is 839. The van der Waals surface area contributed by atoms with E-state index in [4.69, 9.17) is 13.9 Å². The van der Waals surface area contributed by atoms with Gasteiger partial charge in [-0.3, -0.25) is 4.79 Å². The van der Waals surface area contributed by atoms with Gasteiger partial charge in [0.25, 0.3) is 5.91 Å². The second-order valence-electron chi connectivity index (χ2n) is 7.92. The summed E-state index contributed by atoms with van der Waals surface area (Å²) in [6, 6.07) is 7.34. The number of nitrogens with one attached hydrogen (secondary N) is 1. The van der Waals surface area contributed by atoms with Crippen LogP contribution in [0, 0.1) is 5.92 Å². The standard InChI is InChI=1S/C21H26N4O4/c26-20(22-18-13-24-7-5-15(18)6-8-24)16-1-3-17(4-2-16)29-21-23-19(14-28-21)25-9-11-27-12-10-25/h1-4,14-15,18H,5-13H2,(H,22,26)/t18-/m0/s1. The molecule has 6 rings (SSSR count). The van der Waals surface area contributed by atoms with Crippen LogP contribution in [0.25, 0.3) is 0 Å². The number of nitrogens with zero attached hydrogens (tertiary/aromatic N) is 3. The Labute approximate surface area is 169 Å². The lowest BCUT2D eigenvalue weighted by Crippen LogP contribution is -2.57. The summed E-state index contributed by atoms with van der Waals surface area (Å²) < 4.78 is 16.5. The van der Waals surface area contributed by atoms with Crippen LogP contribution in [-0.4, -0.2) is 67.8 Å². The molecule has 5 heterocycles. The smallest absolute Gasteiger partial charge is 0.401 e. The molecule has 0 radical (unpaired) electrons. The van der Waals surface area contributed by atoms with E-state index in [2.05, 4.69) is 20.1 Å². The summed E-state index contributed by atoms with van der Waals surface area (Å²) in [5.41, 5.74) is 0.634. The van der Waals surface area contributed by atoms with Crippen molar-refractivity contribution in [1.29, 1.82) is 0 Å². The molecule has 1 N–H and O–H groups in total. The van der Waals surface area contributed by atoms with Crippen LogP contribution < -0.4 is 15.0 Å². The number of benzene rings is 1. The zero-order chi connectivity index (χ0) is 19.6. The molecule has 2 bridgehead atoms. The van der Waals surface area contributed by atoms with Crippen molar-refractivity contribution in [1.82, 2.24) is 15.2 Å². The minimum Gasteiger partial charge on any atom is -0.415 e. The van der Waals surface area contributed by atoms with E-state index in [-0.39, 0.29) is 18.0 Å². The highest BCUT2D eigenvalue weighted by Crippen LogP contribution is 2.28. The van der Waals surface area contributed by atoms with Gasteiger partial charge in [-0.1, -0.05) is 0 Å². The third kappa shape index (κ3) is 4.09. The Morgan fingerprint density at radius 2 is 1.86 bits per heavy atom. The quantitative estimate of drug-likeness (QED) is 0.826. The fourth-order valence-electron chi connectivity index (χ4n) is 4.39. The highest BCUT2D eigenvalue weighted by atomic mass is 16.6. The zero-order valence-corrected chi connectivity index (χ0v) is 16.4. The molecule has 0 saturated carbocycles. The van der Waals surface area contributed by atoms with Gasteiger partial charge in [-0.2, -0.15) is 4.98 Å². The molecule has 2 aromatic rings. The first kappa shape index (κ1) is 18.4. The molecular weight excluding hydrogens is 372 g/mol. The molecule has 0 unspecified atom stereocenters. The summed E-state index contributed by atoms with van der Waals surface area (Å²) in [7, 11) is 0. The van der Waals surface area contributed by atoms with Gasteiger partial charge >= 0.3 is 6.08 Å². The number of hydrogen-bond acceptors (Lipinski definition) is 7. The maximum absolute atomic E-state index is 12.6. The van der Waals surface area contributed by atoms with Crippen LogP contribution in [0.1, 0.15) is 23.2 Å². The van der Waals surface area contributed by atoms with Crippen molar-refractivity contribution in [3.05, 3.63) is 36.1 Å². The van der Waals surface area contributed by atoms with Crippen LogP contribution in [0.3, 0.4) is 0 Å². The average molecular weight is 398 g/mol. The Morgan fingerprint density at radius 3 is 2.55 bits per heavy atom. The lowest BCUT2D eigenvalue weighted by molar-refractivity contribution is 0.0620. The van der Waals surface area contributed by atoms with Crippen molar-refractivity contribution in [2.75, 3.05) is 50.8 Å². The Kier molecular flexibility index (Phi) is 5.12. The molecule has 0 aliphatic carbocycles. The molecule has 4 saturated heterocycles. The molecule has 4 aliphatic heterocycles. The molecule has 4 aliphatic rings. The number of fused-ring (bicyclic) bond motifs is 3. The number of morpholine rings is 1. The Hall–Kier alpha value is -2.58. The first-order chi connectivity index (χ1) is 14.2. The van der Waals surface area contributed by atoms with E-state index >= 15 is 0 Å². The number of ether oxygens (including phenoxy) is 2. The SMILES string of the molecule is O=C(N[C@H]1CN2CCC1CC2)c1ccc(Oc2nc(N3CCOCC3)co2)cc1. The number of oxazole rings is 1. The first-order valence-electron chi connectivity index (χ1n) is 10.3. The van der Waals surface area contributed by atoms with Crippen LogP contribution in [0.2, 0.25) is 0 Å². The molecule has 1 atom stereocenters. The van der Waals surface area contributed by atoms with E-state index in [9.17, 15) is 4.79 Å². The van der Waals surface area contributed by atoms with Gasteiger partial charge in [-0.05, 0) is 56.1 Å². The summed E-state index contributed by atoms with van der Waals surface area (Å²) in [4.78, 5) is 21.5. The summed E-state index contributed by atoms with van der Waals surface area (Å²) in [5, 5.41) is 3.21. The van der Waals surface area contributed by atoms with Gasteiger partial charge in [0.1, 0.15) is 12.0 Å². The molecule has 8 heteroatoms. The Morgan fingerprint density at radius 1 is 1.10 bits per heavy atom.